The fraction of sp³-hybridized carbons (Fsp3) is 0.667. The van der Waals surface area contributed by atoms with Crippen molar-refractivity contribution in [3.8, 4) is 0 Å². The van der Waals surface area contributed by atoms with Crippen LogP contribution >= 0.6 is 0 Å². The number of anilines is 3. The third-order valence-electron chi connectivity index (χ3n) is 3.17. The molecule has 0 radical (unpaired) electrons. The SMILES string of the molecule is CCCNc1cc(N2CCCC2CO)nc(N)n1. The van der Waals surface area contributed by atoms with E-state index in [1.54, 1.807) is 0 Å². The molecule has 1 aromatic heterocycles. The maximum absolute atomic E-state index is 9.35. The van der Waals surface area contributed by atoms with Crippen LogP contribution in [0.4, 0.5) is 17.6 Å². The van der Waals surface area contributed by atoms with Gasteiger partial charge in [-0.3, -0.25) is 0 Å². The zero-order chi connectivity index (χ0) is 13.0. The van der Waals surface area contributed by atoms with Gasteiger partial charge in [-0.25, -0.2) is 0 Å². The predicted molar refractivity (Wildman–Crippen MR) is 72.7 cm³/mol. The lowest BCUT2D eigenvalue weighted by Crippen LogP contribution is -2.33. The summed E-state index contributed by atoms with van der Waals surface area (Å²) >= 11 is 0. The first-order valence-corrected chi connectivity index (χ1v) is 6.50. The molecule has 1 atom stereocenters. The van der Waals surface area contributed by atoms with Crippen molar-refractivity contribution in [2.24, 2.45) is 0 Å². The molecule has 0 aromatic carbocycles. The number of nitrogens with zero attached hydrogens (tertiary/aromatic N) is 3. The van der Waals surface area contributed by atoms with Gasteiger partial charge in [0.2, 0.25) is 5.95 Å². The van der Waals surface area contributed by atoms with E-state index >= 15 is 0 Å². The van der Waals surface area contributed by atoms with E-state index in [2.05, 4.69) is 27.1 Å². The smallest absolute Gasteiger partial charge is 0.223 e. The highest BCUT2D eigenvalue weighted by molar-refractivity contribution is 5.53. The van der Waals surface area contributed by atoms with E-state index in [1.807, 2.05) is 6.07 Å². The fourth-order valence-corrected chi connectivity index (χ4v) is 2.27. The topological polar surface area (TPSA) is 87.3 Å². The maximum Gasteiger partial charge on any atom is 0.223 e. The Kier molecular flexibility index (Phi) is 4.19. The molecule has 100 valence electrons. The lowest BCUT2D eigenvalue weighted by molar-refractivity contribution is 0.266. The normalized spacial score (nSPS) is 19.2. The van der Waals surface area contributed by atoms with Crippen molar-refractivity contribution in [1.82, 2.24) is 9.97 Å². The summed E-state index contributed by atoms with van der Waals surface area (Å²) in [5, 5.41) is 12.6. The largest absolute Gasteiger partial charge is 0.394 e. The Hall–Kier alpha value is -1.56. The zero-order valence-corrected chi connectivity index (χ0v) is 10.8. The van der Waals surface area contributed by atoms with Gasteiger partial charge < -0.3 is 21.1 Å². The number of hydrogen-bond acceptors (Lipinski definition) is 6. The maximum atomic E-state index is 9.35. The van der Waals surface area contributed by atoms with Gasteiger partial charge >= 0.3 is 0 Å². The molecule has 1 aromatic rings. The number of aliphatic hydroxyl groups excluding tert-OH is 1. The van der Waals surface area contributed by atoms with Crippen LogP contribution in [-0.4, -0.2) is 40.8 Å². The molecule has 1 unspecified atom stereocenters. The number of aliphatic hydroxyl groups is 1. The minimum Gasteiger partial charge on any atom is -0.394 e. The van der Waals surface area contributed by atoms with Crippen LogP contribution in [0.5, 0.6) is 0 Å². The Bertz CT molecular complexity index is 398. The summed E-state index contributed by atoms with van der Waals surface area (Å²) in [4.78, 5) is 10.5. The minimum absolute atomic E-state index is 0.151. The molecule has 0 bridgehead atoms. The van der Waals surface area contributed by atoms with Crippen molar-refractivity contribution >= 4 is 17.6 Å². The molecule has 2 heterocycles. The Morgan fingerprint density at radius 2 is 2.39 bits per heavy atom. The molecule has 0 amide bonds. The quantitative estimate of drug-likeness (QED) is 0.719. The molecular formula is C12H21N5O. The van der Waals surface area contributed by atoms with Crippen LogP contribution in [0.15, 0.2) is 6.07 Å². The van der Waals surface area contributed by atoms with Crippen molar-refractivity contribution in [2.45, 2.75) is 32.2 Å². The number of aromatic nitrogens is 2. The average molecular weight is 251 g/mol. The summed E-state index contributed by atoms with van der Waals surface area (Å²) in [6.07, 6.45) is 3.10. The van der Waals surface area contributed by atoms with E-state index in [0.29, 0.717) is 0 Å². The summed E-state index contributed by atoms with van der Waals surface area (Å²) in [6.45, 7) is 4.02. The molecule has 1 aliphatic heterocycles. The van der Waals surface area contributed by atoms with Gasteiger partial charge in [0.15, 0.2) is 0 Å². The van der Waals surface area contributed by atoms with Crippen LogP contribution in [0.2, 0.25) is 0 Å². The van der Waals surface area contributed by atoms with Crippen molar-refractivity contribution in [3.63, 3.8) is 0 Å². The monoisotopic (exact) mass is 251 g/mol. The van der Waals surface area contributed by atoms with E-state index in [1.165, 1.54) is 0 Å². The fourth-order valence-electron chi connectivity index (χ4n) is 2.27. The van der Waals surface area contributed by atoms with Crippen LogP contribution in [-0.2, 0) is 0 Å². The standard InChI is InChI=1S/C12H21N5O/c1-2-5-14-10-7-11(16-12(13)15-10)17-6-3-4-9(17)8-18/h7,9,18H,2-6,8H2,1H3,(H3,13,14,15,16). The Labute approximate surface area is 107 Å². The predicted octanol–water partition coefficient (Wildman–Crippen LogP) is 0.842. The second-order valence-corrected chi connectivity index (χ2v) is 4.57. The molecule has 4 N–H and O–H groups in total. The van der Waals surface area contributed by atoms with Gasteiger partial charge in [-0.2, -0.15) is 9.97 Å². The molecule has 0 spiro atoms. The summed E-state index contributed by atoms with van der Waals surface area (Å²) < 4.78 is 0. The van der Waals surface area contributed by atoms with Gasteiger partial charge in [0.1, 0.15) is 11.6 Å². The molecule has 0 aliphatic carbocycles. The average Bonchev–Trinajstić information content (AvgIpc) is 2.84. The van der Waals surface area contributed by atoms with Gasteiger partial charge in [-0.15, -0.1) is 0 Å². The second kappa shape index (κ2) is 5.86. The van der Waals surface area contributed by atoms with Gasteiger partial charge in [-0.05, 0) is 19.3 Å². The number of hydrogen-bond donors (Lipinski definition) is 3. The first-order valence-electron chi connectivity index (χ1n) is 6.50. The highest BCUT2D eigenvalue weighted by Gasteiger charge is 2.25. The van der Waals surface area contributed by atoms with Crippen LogP contribution in [0, 0.1) is 0 Å². The van der Waals surface area contributed by atoms with Crippen molar-refractivity contribution in [3.05, 3.63) is 6.07 Å². The van der Waals surface area contributed by atoms with E-state index < -0.39 is 0 Å². The Balaban J connectivity index is 2.18. The minimum atomic E-state index is 0.151. The molecule has 1 fully saturated rings. The molecule has 18 heavy (non-hydrogen) atoms. The van der Waals surface area contributed by atoms with Crippen LogP contribution in [0.3, 0.4) is 0 Å². The summed E-state index contributed by atoms with van der Waals surface area (Å²) in [6, 6.07) is 2.05. The molecule has 2 rings (SSSR count). The first-order chi connectivity index (χ1) is 8.74. The lowest BCUT2D eigenvalue weighted by atomic mass is 10.2. The van der Waals surface area contributed by atoms with Gasteiger partial charge in [0.25, 0.3) is 0 Å². The zero-order valence-electron chi connectivity index (χ0n) is 10.8. The van der Waals surface area contributed by atoms with Crippen molar-refractivity contribution in [2.75, 3.05) is 35.6 Å². The summed E-state index contributed by atoms with van der Waals surface area (Å²) in [5.41, 5.74) is 5.73. The highest BCUT2D eigenvalue weighted by atomic mass is 16.3. The summed E-state index contributed by atoms with van der Waals surface area (Å²) in [7, 11) is 0. The first kappa shape index (κ1) is 12.9. The molecule has 1 saturated heterocycles. The number of rotatable bonds is 5. The summed E-state index contributed by atoms with van der Waals surface area (Å²) in [5.74, 6) is 1.83. The Morgan fingerprint density at radius 3 is 3.11 bits per heavy atom. The second-order valence-electron chi connectivity index (χ2n) is 4.57. The third-order valence-corrected chi connectivity index (χ3v) is 3.17. The van der Waals surface area contributed by atoms with Crippen molar-refractivity contribution < 1.29 is 5.11 Å². The van der Waals surface area contributed by atoms with Gasteiger partial charge in [0, 0.05) is 19.2 Å². The molecule has 0 saturated carbocycles. The Morgan fingerprint density at radius 1 is 1.56 bits per heavy atom. The lowest BCUT2D eigenvalue weighted by Gasteiger charge is -2.24. The van der Waals surface area contributed by atoms with E-state index in [-0.39, 0.29) is 18.6 Å². The third kappa shape index (κ3) is 2.81. The van der Waals surface area contributed by atoms with Crippen LogP contribution < -0.4 is 16.0 Å². The van der Waals surface area contributed by atoms with E-state index in [4.69, 9.17) is 5.73 Å². The van der Waals surface area contributed by atoms with Crippen LogP contribution in [0.1, 0.15) is 26.2 Å². The highest BCUT2D eigenvalue weighted by Crippen LogP contribution is 2.25. The van der Waals surface area contributed by atoms with Gasteiger partial charge in [0.05, 0.1) is 12.6 Å². The molecule has 6 nitrogen and oxygen atoms in total. The number of nitrogens with one attached hydrogen (secondary N) is 1. The van der Waals surface area contributed by atoms with Crippen molar-refractivity contribution in [1.29, 1.82) is 0 Å². The number of nitrogens with two attached hydrogens (primary N) is 1. The van der Waals surface area contributed by atoms with E-state index in [0.717, 1.165) is 44.0 Å². The van der Waals surface area contributed by atoms with E-state index in [9.17, 15) is 5.11 Å². The molecule has 6 heteroatoms. The molecule has 1 aliphatic rings. The molecular weight excluding hydrogens is 230 g/mol. The van der Waals surface area contributed by atoms with Gasteiger partial charge in [-0.1, -0.05) is 6.92 Å². The van der Waals surface area contributed by atoms with Crippen LogP contribution in [0.25, 0.3) is 0 Å². The number of nitrogen functional groups attached to an aromatic ring is 1.